The standard InChI is InChI=1S/C15H14N5O3/c1-22-11-5-3-4-9(12(11)23-2)18-14-15-19-10(13(16)21)8-20(15)7-6-17-14/h3-5,7-8H,1-2H3,(H2,16,21)(H,17,18). The van der Waals surface area contributed by atoms with Crippen LogP contribution < -0.4 is 20.5 Å². The second-order valence-electron chi connectivity index (χ2n) is 4.61. The molecular formula is C15H14N5O3. The van der Waals surface area contributed by atoms with Crippen LogP contribution in [0, 0.1) is 6.20 Å². The highest BCUT2D eigenvalue weighted by atomic mass is 16.5. The number of carbonyl (C=O) groups is 1. The first kappa shape index (κ1) is 14.6. The van der Waals surface area contributed by atoms with Gasteiger partial charge in [-0.2, -0.15) is 0 Å². The van der Waals surface area contributed by atoms with Crippen molar-refractivity contribution in [2.24, 2.45) is 5.73 Å². The van der Waals surface area contributed by atoms with E-state index in [-0.39, 0.29) is 5.69 Å². The Labute approximate surface area is 131 Å². The van der Waals surface area contributed by atoms with Gasteiger partial charge in [-0.25, -0.2) is 9.97 Å². The molecule has 0 saturated carbocycles. The minimum atomic E-state index is -0.612. The van der Waals surface area contributed by atoms with Gasteiger partial charge >= 0.3 is 0 Å². The summed E-state index contributed by atoms with van der Waals surface area (Å²) in [6.07, 6.45) is 5.80. The van der Waals surface area contributed by atoms with Crippen molar-refractivity contribution in [2.45, 2.75) is 0 Å². The molecule has 0 aliphatic heterocycles. The lowest BCUT2D eigenvalue weighted by Crippen LogP contribution is -2.10. The molecule has 0 bridgehead atoms. The minimum absolute atomic E-state index is 0.145. The number of imidazole rings is 1. The molecule has 0 aliphatic rings. The maximum absolute atomic E-state index is 11.3. The van der Waals surface area contributed by atoms with Gasteiger partial charge in [0, 0.05) is 12.4 Å². The van der Waals surface area contributed by atoms with Gasteiger partial charge in [-0.15, -0.1) is 0 Å². The van der Waals surface area contributed by atoms with Gasteiger partial charge in [-0.3, -0.25) is 4.79 Å². The maximum atomic E-state index is 11.3. The quantitative estimate of drug-likeness (QED) is 0.738. The van der Waals surface area contributed by atoms with Crippen molar-refractivity contribution >= 4 is 23.1 Å². The van der Waals surface area contributed by atoms with Crippen LogP contribution in [0.25, 0.3) is 5.65 Å². The smallest absolute Gasteiger partial charge is 0.268 e. The van der Waals surface area contributed by atoms with Crippen LogP contribution in [-0.4, -0.2) is 34.5 Å². The van der Waals surface area contributed by atoms with Crippen LogP contribution in [0.3, 0.4) is 0 Å². The molecule has 117 valence electrons. The average Bonchev–Trinajstić information content (AvgIpc) is 3.00. The molecule has 3 N–H and O–H groups in total. The summed E-state index contributed by atoms with van der Waals surface area (Å²) < 4.78 is 12.2. The molecule has 8 nitrogen and oxygen atoms in total. The zero-order chi connectivity index (χ0) is 16.4. The number of para-hydroxylation sites is 1. The fourth-order valence-corrected chi connectivity index (χ4v) is 2.19. The van der Waals surface area contributed by atoms with Gasteiger partial charge in [0.05, 0.1) is 19.9 Å². The van der Waals surface area contributed by atoms with Crippen LogP contribution in [0.15, 0.2) is 30.6 Å². The summed E-state index contributed by atoms with van der Waals surface area (Å²) >= 11 is 0. The van der Waals surface area contributed by atoms with E-state index in [0.29, 0.717) is 28.7 Å². The number of ether oxygens (including phenoxy) is 2. The first-order valence-corrected chi connectivity index (χ1v) is 6.67. The Morgan fingerprint density at radius 1 is 1.35 bits per heavy atom. The van der Waals surface area contributed by atoms with Crippen molar-refractivity contribution < 1.29 is 14.3 Å². The number of benzene rings is 1. The number of fused-ring (bicyclic) bond motifs is 1. The molecule has 2 aromatic heterocycles. The van der Waals surface area contributed by atoms with E-state index in [4.69, 9.17) is 15.2 Å². The molecule has 0 aliphatic carbocycles. The Balaban J connectivity index is 2.07. The number of carbonyl (C=O) groups excluding carboxylic acids is 1. The Morgan fingerprint density at radius 3 is 2.87 bits per heavy atom. The SMILES string of the molecule is COc1cccc(Nc2n[c]cn3cc(C(N)=O)nc23)c1OC. The molecule has 2 heterocycles. The fourth-order valence-electron chi connectivity index (χ4n) is 2.19. The van der Waals surface area contributed by atoms with Crippen LogP contribution in [0.1, 0.15) is 10.5 Å². The third-order valence-electron chi connectivity index (χ3n) is 3.23. The Bertz CT molecular complexity index is 875. The molecule has 8 heteroatoms. The highest BCUT2D eigenvalue weighted by Gasteiger charge is 2.14. The molecular weight excluding hydrogens is 298 g/mol. The van der Waals surface area contributed by atoms with E-state index in [2.05, 4.69) is 21.5 Å². The number of hydrogen-bond donors (Lipinski definition) is 2. The molecule has 0 spiro atoms. The van der Waals surface area contributed by atoms with E-state index in [0.717, 1.165) is 0 Å². The predicted molar refractivity (Wildman–Crippen MR) is 83.2 cm³/mol. The topological polar surface area (TPSA) is 104 Å². The van der Waals surface area contributed by atoms with Gasteiger partial charge in [0.1, 0.15) is 11.9 Å². The largest absolute Gasteiger partial charge is 0.493 e. The second kappa shape index (κ2) is 5.84. The summed E-state index contributed by atoms with van der Waals surface area (Å²) in [6.45, 7) is 0. The summed E-state index contributed by atoms with van der Waals surface area (Å²) in [4.78, 5) is 19.6. The van der Waals surface area contributed by atoms with Crippen LogP contribution in [0.4, 0.5) is 11.5 Å². The molecule has 1 aromatic carbocycles. The molecule has 3 rings (SSSR count). The summed E-state index contributed by atoms with van der Waals surface area (Å²) in [5.41, 5.74) is 6.50. The van der Waals surface area contributed by atoms with Crippen molar-refractivity contribution in [1.29, 1.82) is 0 Å². The van der Waals surface area contributed by atoms with E-state index in [1.165, 1.54) is 6.20 Å². The number of rotatable bonds is 5. The second-order valence-corrected chi connectivity index (χ2v) is 4.61. The maximum Gasteiger partial charge on any atom is 0.268 e. The van der Waals surface area contributed by atoms with Crippen molar-refractivity contribution in [1.82, 2.24) is 14.4 Å². The summed E-state index contributed by atoms with van der Waals surface area (Å²) in [7, 11) is 3.10. The number of anilines is 2. The summed E-state index contributed by atoms with van der Waals surface area (Å²) in [5.74, 6) is 0.903. The molecule has 0 atom stereocenters. The Morgan fingerprint density at radius 2 is 2.17 bits per heavy atom. The van der Waals surface area contributed by atoms with Crippen molar-refractivity contribution in [2.75, 3.05) is 19.5 Å². The van der Waals surface area contributed by atoms with Gasteiger partial charge in [0.2, 0.25) is 0 Å². The lowest BCUT2D eigenvalue weighted by Gasteiger charge is -2.13. The molecule has 3 aromatic rings. The monoisotopic (exact) mass is 312 g/mol. The van der Waals surface area contributed by atoms with Crippen LogP contribution in [0.5, 0.6) is 11.5 Å². The highest BCUT2D eigenvalue weighted by Crippen LogP contribution is 2.36. The summed E-state index contributed by atoms with van der Waals surface area (Å²) in [5, 5.41) is 3.11. The number of methoxy groups -OCH3 is 2. The van der Waals surface area contributed by atoms with Crippen molar-refractivity contribution in [3.8, 4) is 11.5 Å². The Kier molecular flexibility index (Phi) is 3.71. The third-order valence-corrected chi connectivity index (χ3v) is 3.23. The van der Waals surface area contributed by atoms with Crippen LogP contribution >= 0.6 is 0 Å². The highest BCUT2D eigenvalue weighted by molar-refractivity contribution is 5.92. The number of nitrogens with one attached hydrogen (secondary N) is 1. The molecule has 1 radical (unpaired) electrons. The van der Waals surface area contributed by atoms with E-state index in [1.807, 2.05) is 12.1 Å². The van der Waals surface area contributed by atoms with E-state index < -0.39 is 5.91 Å². The molecule has 0 saturated heterocycles. The lowest BCUT2D eigenvalue weighted by atomic mass is 10.2. The predicted octanol–water partition coefficient (Wildman–Crippen LogP) is 1.39. The van der Waals surface area contributed by atoms with E-state index >= 15 is 0 Å². The first-order chi connectivity index (χ1) is 11.1. The van der Waals surface area contributed by atoms with Gasteiger partial charge < -0.3 is 24.9 Å². The van der Waals surface area contributed by atoms with E-state index in [1.54, 1.807) is 30.9 Å². The molecule has 0 unspecified atom stereocenters. The number of nitrogens with zero attached hydrogens (tertiary/aromatic N) is 3. The first-order valence-electron chi connectivity index (χ1n) is 6.67. The number of nitrogens with two attached hydrogens (primary N) is 1. The Hall–Kier alpha value is -3.29. The van der Waals surface area contributed by atoms with Gasteiger partial charge in [-0.1, -0.05) is 6.07 Å². The average molecular weight is 312 g/mol. The van der Waals surface area contributed by atoms with Crippen LogP contribution in [0.2, 0.25) is 0 Å². The van der Waals surface area contributed by atoms with Gasteiger partial charge in [0.25, 0.3) is 5.91 Å². The third kappa shape index (κ3) is 2.61. The molecule has 1 amide bonds. The number of aromatic nitrogens is 3. The zero-order valence-electron chi connectivity index (χ0n) is 12.5. The molecule has 23 heavy (non-hydrogen) atoms. The van der Waals surface area contributed by atoms with Crippen molar-refractivity contribution in [3.63, 3.8) is 0 Å². The fraction of sp³-hybridized carbons (Fsp3) is 0.133. The number of amides is 1. The molecule has 0 fully saturated rings. The summed E-state index contributed by atoms with van der Waals surface area (Å²) in [6, 6.07) is 5.41. The van der Waals surface area contributed by atoms with Crippen LogP contribution in [-0.2, 0) is 0 Å². The van der Waals surface area contributed by atoms with Gasteiger partial charge in [-0.05, 0) is 12.1 Å². The number of primary amides is 1. The number of hydrogen-bond acceptors (Lipinski definition) is 6. The normalized spacial score (nSPS) is 10.5. The van der Waals surface area contributed by atoms with E-state index in [9.17, 15) is 4.79 Å². The zero-order valence-corrected chi connectivity index (χ0v) is 12.5. The van der Waals surface area contributed by atoms with Crippen molar-refractivity contribution in [3.05, 3.63) is 42.5 Å². The van der Waals surface area contributed by atoms with Gasteiger partial charge in [0.15, 0.2) is 23.0 Å². The lowest BCUT2D eigenvalue weighted by molar-refractivity contribution is 0.0996. The minimum Gasteiger partial charge on any atom is -0.493 e.